The summed E-state index contributed by atoms with van der Waals surface area (Å²) in [5, 5.41) is 0. The number of likely N-dealkylation sites (N-methyl/N-ethyl adjacent to an activating group) is 3. The molecule has 0 N–H and O–H groups in total. The van der Waals surface area contributed by atoms with Gasteiger partial charge in [0.2, 0.25) is 0 Å². The molecule has 1 unspecified atom stereocenters. The normalized spacial score (nSPS) is 11.9. The third-order valence-electron chi connectivity index (χ3n) is 14.5. The highest BCUT2D eigenvalue weighted by atomic mass is 16.6. The first kappa shape index (κ1) is 74.9. The van der Waals surface area contributed by atoms with E-state index in [-0.39, 0.29) is 36.2 Å². The Kier molecular flexibility index (Phi) is 36.6. The van der Waals surface area contributed by atoms with E-state index in [4.69, 9.17) is 42.6 Å². The second-order valence-electron chi connectivity index (χ2n) is 23.2. The number of hydrogen-bond acceptors (Lipinski definition) is 15. The van der Waals surface area contributed by atoms with Crippen LogP contribution in [0.1, 0.15) is 112 Å². The monoisotopic (exact) mass is 1240 g/mol. The van der Waals surface area contributed by atoms with Crippen LogP contribution in [0.15, 0.2) is 146 Å². The number of carbonyl (C=O) groups is 3. The predicted molar refractivity (Wildman–Crippen MR) is 361 cm³/mol. The number of carbonyl (C=O) groups excluding carboxylic acids is 3. The third kappa shape index (κ3) is 31.2. The molecule has 0 aliphatic carbocycles. The van der Waals surface area contributed by atoms with Crippen molar-refractivity contribution in [3.63, 3.8) is 0 Å². The lowest BCUT2D eigenvalue weighted by molar-refractivity contribution is -0.152. The van der Waals surface area contributed by atoms with Crippen molar-refractivity contribution < 1.29 is 57.0 Å². The maximum absolute atomic E-state index is 12.1. The quantitative estimate of drug-likeness (QED) is 0.0266. The Bertz CT molecular complexity index is 2590. The Labute approximate surface area is 539 Å². The molecule has 6 aromatic carbocycles. The van der Waals surface area contributed by atoms with Gasteiger partial charge in [-0.05, 0) is 188 Å². The van der Waals surface area contributed by atoms with Gasteiger partial charge in [0.15, 0.2) is 0 Å². The molecule has 0 bridgehead atoms. The first-order valence-corrected chi connectivity index (χ1v) is 32.1. The number of ether oxygens (including phenoxy) is 9. The zero-order chi connectivity index (χ0) is 65.3. The standard InChI is InChI=1S/3C25H35NO4/c3*1-5-6-11-25(27)30-23(18-26(2)3)19-29-24-10-8-7-9-21(24)15-12-20-13-16-22(28-4)17-14-20/h3*7-10,13-14,16-17,23H,5-6,11-12,15,18-19H2,1-4H3/t2*23-;/m10./s1. The van der Waals surface area contributed by atoms with Gasteiger partial charge in [-0.15, -0.1) is 0 Å². The minimum absolute atomic E-state index is 0.153. The molecule has 0 radical (unpaired) electrons. The van der Waals surface area contributed by atoms with Crippen LogP contribution in [-0.4, -0.2) is 154 Å². The number of para-hydroxylation sites is 3. The number of rotatable bonds is 39. The molecular formula is C75H105N3O12. The number of unbranched alkanes of at least 4 members (excludes halogenated alkanes) is 3. The number of benzene rings is 6. The van der Waals surface area contributed by atoms with Gasteiger partial charge >= 0.3 is 17.9 Å². The lowest BCUT2D eigenvalue weighted by Gasteiger charge is -2.22. The highest BCUT2D eigenvalue weighted by Crippen LogP contribution is 2.25. The number of hydrogen-bond donors (Lipinski definition) is 0. The van der Waals surface area contributed by atoms with E-state index in [1.165, 1.54) is 16.7 Å². The van der Waals surface area contributed by atoms with E-state index >= 15 is 0 Å². The fraction of sp³-hybridized carbons (Fsp3) is 0.480. The zero-order valence-electron chi connectivity index (χ0n) is 56.2. The molecule has 0 heterocycles. The average Bonchev–Trinajstić information content (AvgIpc) is 2.59. The Morgan fingerprint density at radius 2 is 0.589 bits per heavy atom. The molecular weight excluding hydrogens is 1130 g/mol. The zero-order valence-corrected chi connectivity index (χ0v) is 56.2. The lowest BCUT2D eigenvalue weighted by Crippen LogP contribution is -2.35. The Morgan fingerprint density at radius 3 is 0.811 bits per heavy atom. The summed E-state index contributed by atoms with van der Waals surface area (Å²) < 4.78 is 51.0. The average molecular weight is 1240 g/mol. The van der Waals surface area contributed by atoms with Gasteiger partial charge in [0.05, 0.1) is 21.3 Å². The van der Waals surface area contributed by atoms with Crippen LogP contribution in [0.3, 0.4) is 0 Å². The van der Waals surface area contributed by atoms with Crippen LogP contribution in [0.4, 0.5) is 0 Å². The SMILES string of the molecule is CCCCC(=O)OC(COc1ccccc1CCc1ccc(OC)cc1)CN(C)C.CCCCC(=O)O[C@@H](COc1ccccc1CCc1ccc(OC)cc1)CN(C)C.CCCCC(=O)O[C@H](COc1ccccc1CCc1ccc(OC)cc1)CN(C)C. The fourth-order valence-corrected chi connectivity index (χ4v) is 9.61. The van der Waals surface area contributed by atoms with Crippen LogP contribution < -0.4 is 28.4 Å². The molecule has 0 saturated carbocycles. The van der Waals surface area contributed by atoms with Crippen LogP contribution in [0, 0.1) is 0 Å². The highest BCUT2D eigenvalue weighted by Gasteiger charge is 2.21. The maximum Gasteiger partial charge on any atom is 0.306 e. The molecule has 6 rings (SSSR count). The second-order valence-corrected chi connectivity index (χ2v) is 23.2. The Balaban J connectivity index is 0.000000288. The topological polar surface area (TPSA) is 144 Å². The molecule has 15 heteroatoms. The van der Waals surface area contributed by atoms with E-state index in [0.717, 1.165) is 128 Å². The molecule has 0 saturated heterocycles. The fourth-order valence-electron chi connectivity index (χ4n) is 9.61. The molecule has 0 spiro atoms. The van der Waals surface area contributed by atoms with E-state index in [1.54, 1.807) is 21.3 Å². The minimum Gasteiger partial charge on any atom is -0.497 e. The Hall–Kier alpha value is -7.59. The largest absolute Gasteiger partial charge is 0.497 e. The molecule has 3 atom stereocenters. The van der Waals surface area contributed by atoms with Gasteiger partial charge in [-0.2, -0.15) is 0 Å². The first-order valence-electron chi connectivity index (χ1n) is 32.1. The molecule has 90 heavy (non-hydrogen) atoms. The van der Waals surface area contributed by atoms with Gasteiger partial charge in [0.25, 0.3) is 0 Å². The smallest absolute Gasteiger partial charge is 0.306 e. The van der Waals surface area contributed by atoms with Crippen LogP contribution >= 0.6 is 0 Å². The summed E-state index contributed by atoms with van der Waals surface area (Å²) in [5.74, 6) is 4.67. The minimum atomic E-state index is -0.293. The van der Waals surface area contributed by atoms with Crippen molar-refractivity contribution in [3.05, 3.63) is 179 Å². The van der Waals surface area contributed by atoms with Crippen LogP contribution in [-0.2, 0) is 67.1 Å². The van der Waals surface area contributed by atoms with E-state index < -0.39 is 0 Å². The summed E-state index contributed by atoms with van der Waals surface area (Å²) in [4.78, 5) is 42.2. The van der Waals surface area contributed by atoms with Crippen molar-refractivity contribution >= 4 is 17.9 Å². The Morgan fingerprint density at radius 1 is 0.344 bits per heavy atom. The summed E-state index contributed by atoms with van der Waals surface area (Å²) >= 11 is 0. The van der Waals surface area contributed by atoms with Gasteiger partial charge < -0.3 is 57.3 Å². The van der Waals surface area contributed by atoms with Crippen LogP contribution in [0.5, 0.6) is 34.5 Å². The molecule has 0 fully saturated rings. The van der Waals surface area contributed by atoms with E-state index in [2.05, 4.69) is 75.4 Å². The van der Waals surface area contributed by atoms with E-state index in [0.29, 0.717) is 58.7 Å². The second kappa shape index (κ2) is 44.0. The van der Waals surface area contributed by atoms with Gasteiger partial charge in [0.1, 0.15) is 72.6 Å². The van der Waals surface area contributed by atoms with Crippen molar-refractivity contribution in [1.29, 1.82) is 0 Å². The molecule has 6 aromatic rings. The van der Waals surface area contributed by atoms with Crippen molar-refractivity contribution in [3.8, 4) is 34.5 Å². The highest BCUT2D eigenvalue weighted by molar-refractivity contribution is 5.70. The van der Waals surface area contributed by atoms with Gasteiger partial charge in [-0.25, -0.2) is 0 Å². The number of methoxy groups -OCH3 is 3. The van der Waals surface area contributed by atoms with Crippen LogP contribution in [0.2, 0.25) is 0 Å². The van der Waals surface area contributed by atoms with Gasteiger partial charge in [-0.3, -0.25) is 14.4 Å². The van der Waals surface area contributed by atoms with Gasteiger partial charge in [-0.1, -0.05) is 131 Å². The summed E-state index contributed by atoms with van der Waals surface area (Å²) in [6.45, 7) is 9.12. The molecule has 0 aromatic heterocycles. The molecule has 0 amide bonds. The number of nitrogens with zero attached hydrogens (tertiary/aromatic N) is 3. The van der Waals surface area contributed by atoms with Crippen molar-refractivity contribution in [1.82, 2.24) is 14.7 Å². The van der Waals surface area contributed by atoms with Crippen molar-refractivity contribution in [2.45, 2.75) is 135 Å². The first-order chi connectivity index (χ1) is 43.5. The summed E-state index contributed by atoms with van der Waals surface area (Å²) in [7, 11) is 16.8. The summed E-state index contributed by atoms with van der Waals surface area (Å²) in [6, 6.07) is 48.6. The van der Waals surface area contributed by atoms with Crippen molar-refractivity contribution in [2.24, 2.45) is 0 Å². The van der Waals surface area contributed by atoms with Crippen LogP contribution in [0.25, 0.3) is 0 Å². The molecule has 15 nitrogen and oxygen atoms in total. The number of aryl methyl sites for hydroxylation is 6. The molecule has 492 valence electrons. The summed E-state index contributed by atoms with van der Waals surface area (Å²) in [6.07, 6.45) is 11.3. The van der Waals surface area contributed by atoms with E-state index in [1.807, 2.05) is 148 Å². The summed E-state index contributed by atoms with van der Waals surface area (Å²) in [5.41, 5.74) is 7.19. The van der Waals surface area contributed by atoms with E-state index in [9.17, 15) is 14.4 Å². The van der Waals surface area contributed by atoms with Crippen molar-refractivity contribution in [2.75, 3.05) is 103 Å². The number of esters is 3. The lowest BCUT2D eigenvalue weighted by atomic mass is 10.0. The molecule has 0 aliphatic rings. The maximum atomic E-state index is 12.1. The third-order valence-corrected chi connectivity index (χ3v) is 14.5. The predicted octanol–water partition coefficient (Wildman–Crippen LogP) is 13.6. The van der Waals surface area contributed by atoms with Gasteiger partial charge in [0, 0.05) is 38.9 Å². The molecule has 0 aliphatic heterocycles.